The van der Waals surface area contributed by atoms with Crippen LogP contribution in [0, 0.1) is 6.92 Å². The van der Waals surface area contributed by atoms with Gasteiger partial charge >= 0.3 is 0 Å². The van der Waals surface area contributed by atoms with E-state index in [9.17, 15) is 0 Å². The van der Waals surface area contributed by atoms with Crippen LogP contribution in [0.3, 0.4) is 0 Å². The fourth-order valence-corrected chi connectivity index (χ4v) is 1.56. The first-order chi connectivity index (χ1) is 7.16. The molecule has 2 unspecified atom stereocenters. The minimum Gasteiger partial charge on any atom is -0.464 e. The number of nitrogens with two attached hydrogens (primary N) is 1. The minimum atomic E-state index is -0.174. The topological polar surface area (TPSA) is 57.6 Å². The van der Waals surface area contributed by atoms with Crippen molar-refractivity contribution in [2.24, 2.45) is 5.73 Å². The molecule has 15 heavy (non-hydrogen) atoms. The lowest BCUT2D eigenvalue weighted by molar-refractivity contribution is -0.163. The Hall–Kier alpha value is -0.840. The van der Waals surface area contributed by atoms with Crippen molar-refractivity contribution in [2.45, 2.75) is 32.1 Å². The molecule has 0 aromatic carbocycles. The summed E-state index contributed by atoms with van der Waals surface area (Å²) in [6.07, 6.45) is -0.0148. The van der Waals surface area contributed by atoms with Gasteiger partial charge in [0.15, 0.2) is 0 Å². The number of furan rings is 1. The lowest BCUT2D eigenvalue weighted by Gasteiger charge is -2.31. The molecule has 2 N–H and O–H groups in total. The smallest absolute Gasteiger partial charge is 0.134 e. The van der Waals surface area contributed by atoms with Crippen molar-refractivity contribution in [3.05, 3.63) is 23.7 Å². The maximum Gasteiger partial charge on any atom is 0.134 e. The largest absolute Gasteiger partial charge is 0.464 e. The van der Waals surface area contributed by atoms with E-state index in [0.717, 1.165) is 11.5 Å². The van der Waals surface area contributed by atoms with E-state index in [1.165, 1.54) is 0 Å². The first-order valence-electron chi connectivity index (χ1n) is 5.22. The van der Waals surface area contributed by atoms with E-state index in [2.05, 4.69) is 0 Å². The molecule has 0 bridgehead atoms. The minimum absolute atomic E-state index is 0.0869. The molecule has 1 aromatic heterocycles. The van der Waals surface area contributed by atoms with Gasteiger partial charge in [0.1, 0.15) is 23.7 Å². The summed E-state index contributed by atoms with van der Waals surface area (Å²) in [7, 11) is 0. The van der Waals surface area contributed by atoms with Crippen LogP contribution in [0.4, 0.5) is 0 Å². The van der Waals surface area contributed by atoms with Gasteiger partial charge in [-0.15, -0.1) is 0 Å². The van der Waals surface area contributed by atoms with Gasteiger partial charge in [-0.2, -0.15) is 0 Å². The maximum atomic E-state index is 5.88. The van der Waals surface area contributed by atoms with E-state index in [4.69, 9.17) is 19.6 Å². The van der Waals surface area contributed by atoms with Gasteiger partial charge in [0.05, 0.1) is 13.2 Å². The first kappa shape index (κ1) is 10.7. The van der Waals surface area contributed by atoms with E-state index in [1.807, 2.05) is 26.0 Å². The Morgan fingerprint density at radius 1 is 1.47 bits per heavy atom. The highest BCUT2D eigenvalue weighted by Crippen LogP contribution is 2.25. The summed E-state index contributed by atoms with van der Waals surface area (Å²) in [5.41, 5.74) is 5.88. The second-order valence-corrected chi connectivity index (χ2v) is 4.02. The highest BCUT2D eigenvalue weighted by Gasteiger charge is 2.28. The predicted octanol–water partition coefficient (Wildman–Crippen LogP) is 1.39. The molecule has 0 amide bonds. The normalized spacial score (nSPS) is 21.0. The third-order valence-electron chi connectivity index (χ3n) is 2.47. The Kier molecular flexibility index (Phi) is 3.09. The van der Waals surface area contributed by atoms with Gasteiger partial charge in [-0.1, -0.05) is 0 Å². The fraction of sp³-hybridized carbons (Fsp3) is 0.636. The highest BCUT2D eigenvalue weighted by atomic mass is 16.6. The zero-order valence-electron chi connectivity index (χ0n) is 9.10. The van der Waals surface area contributed by atoms with Crippen LogP contribution in [0.2, 0.25) is 0 Å². The summed E-state index contributed by atoms with van der Waals surface area (Å²) >= 11 is 0. The standard InChI is InChI=1S/C11H17NO3/c1-7-3-4-10(14-7)11(8(2)12)15-9-5-13-6-9/h3-4,8-9,11H,5-6,12H2,1-2H3. The van der Waals surface area contributed by atoms with Crippen molar-refractivity contribution in [3.63, 3.8) is 0 Å². The number of aryl methyl sites for hydroxylation is 1. The van der Waals surface area contributed by atoms with Crippen molar-refractivity contribution < 1.29 is 13.9 Å². The molecule has 1 fully saturated rings. The Balaban J connectivity index is 2.04. The molecular weight excluding hydrogens is 194 g/mol. The second kappa shape index (κ2) is 4.35. The Morgan fingerprint density at radius 2 is 2.20 bits per heavy atom. The highest BCUT2D eigenvalue weighted by molar-refractivity contribution is 5.10. The molecule has 0 saturated carbocycles. The fourth-order valence-electron chi connectivity index (χ4n) is 1.56. The van der Waals surface area contributed by atoms with Gasteiger partial charge in [-0.05, 0) is 26.0 Å². The van der Waals surface area contributed by atoms with Crippen LogP contribution in [-0.2, 0) is 9.47 Å². The van der Waals surface area contributed by atoms with Gasteiger partial charge in [-0.3, -0.25) is 0 Å². The van der Waals surface area contributed by atoms with Crippen molar-refractivity contribution in [2.75, 3.05) is 13.2 Å². The molecule has 0 radical (unpaired) electrons. The Morgan fingerprint density at radius 3 is 2.60 bits per heavy atom. The van der Waals surface area contributed by atoms with Crippen LogP contribution in [0.15, 0.2) is 16.5 Å². The zero-order chi connectivity index (χ0) is 10.8. The van der Waals surface area contributed by atoms with Crippen LogP contribution in [-0.4, -0.2) is 25.4 Å². The van der Waals surface area contributed by atoms with Crippen molar-refractivity contribution in [3.8, 4) is 0 Å². The molecule has 0 aliphatic carbocycles. The van der Waals surface area contributed by atoms with Crippen LogP contribution >= 0.6 is 0 Å². The van der Waals surface area contributed by atoms with E-state index in [-0.39, 0.29) is 18.2 Å². The van der Waals surface area contributed by atoms with Gasteiger partial charge in [0, 0.05) is 6.04 Å². The predicted molar refractivity (Wildman–Crippen MR) is 55.5 cm³/mol. The van der Waals surface area contributed by atoms with Gasteiger partial charge in [0.25, 0.3) is 0 Å². The molecule has 4 heteroatoms. The average Bonchev–Trinajstić information content (AvgIpc) is 2.49. The molecular formula is C11H17NO3. The van der Waals surface area contributed by atoms with E-state index >= 15 is 0 Å². The molecule has 84 valence electrons. The van der Waals surface area contributed by atoms with Crippen molar-refractivity contribution in [1.29, 1.82) is 0 Å². The third-order valence-corrected chi connectivity index (χ3v) is 2.47. The zero-order valence-corrected chi connectivity index (χ0v) is 9.10. The first-order valence-corrected chi connectivity index (χ1v) is 5.22. The molecule has 2 rings (SSSR count). The van der Waals surface area contributed by atoms with Gasteiger partial charge in [0.2, 0.25) is 0 Å². The lowest BCUT2D eigenvalue weighted by Crippen LogP contribution is -2.40. The van der Waals surface area contributed by atoms with Crippen LogP contribution in [0.25, 0.3) is 0 Å². The second-order valence-electron chi connectivity index (χ2n) is 4.02. The van der Waals surface area contributed by atoms with Crippen LogP contribution < -0.4 is 5.73 Å². The third kappa shape index (κ3) is 2.40. The average molecular weight is 211 g/mol. The van der Waals surface area contributed by atoms with Gasteiger partial charge < -0.3 is 19.6 Å². The number of ether oxygens (including phenoxy) is 2. The molecule has 0 spiro atoms. The quantitative estimate of drug-likeness (QED) is 0.817. The maximum absolute atomic E-state index is 5.88. The Labute approximate surface area is 89.3 Å². The molecule has 1 aromatic rings. The summed E-state index contributed by atoms with van der Waals surface area (Å²) in [6, 6.07) is 3.75. The number of hydrogen-bond acceptors (Lipinski definition) is 4. The van der Waals surface area contributed by atoms with Crippen LogP contribution in [0.5, 0.6) is 0 Å². The van der Waals surface area contributed by atoms with E-state index < -0.39 is 0 Å². The summed E-state index contributed by atoms with van der Waals surface area (Å²) in [4.78, 5) is 0. The monoisotopic (exact) mass is 211 g/mol. The van der Waals surface area contributed by atoms with Crippen molar-refractivity contribution >= 4 is 0 Å². The summed E-state index contributed by atoms with van der Waals surface area (Å²) in [5.74, 6) is 1.68. The molecule has 1 aliphatic heterocycles. The number of hydrogen-bond donors (Lipinski definition) is 1. The lowest BCUT2D eigenvalue weighted by atomic mass is 10.1. The molecule has 1 aliphatic rings. The Bertz CT molecular complexity index is 317. The molecule has 1 saturated heterocycles. The van der Waals surface area contributed by atoms with E-state index in [1.54, 1.807) is 0 Å². The summed E-state index contributed by atoms with van der Waals surface area (Å²) < 4.78 is 16.4. The SMILES string of the molecule is Cc1ccc(C(OC2COC2)C(C)N)o1. The van der Waals surface area contributed by atoms with Gasteiger partial charge in [-0.25, -0.2) is 0 Å². The summed E-state index contributed by atoms with van der Waals surface area (Å²) in [6.45, 7) is 5.14. The summed E-state index contributed by atoms with van der Waals surface area (Å²) in [5, 5.41) is 0. The molecule has 2 atom stereocenters. The van der Waals surface area contributed by atoms with E-state index in [0.29, 0.717) is 13.2 Å². The van der Waals surface area contributed by atoms with Crippen molar-refractivity contribution in [1.82, 2.24) is 0 Å². The molecule has 2 heterocycles. The molecule has 4 nitrogen and oxygen atoms in total. The number of rotatable bonds is 4. The van der Waals surface area contributed by atoms with Crippen LogP contribution in [0.1, 0.15) is 24.5 Å².